The average molecular weight is 115 g/mol. The van der Waals surface area contributed by atoms with Crippen LogP contribution in [0.15, 0.2) is 5.16 Å². The minimum absolute atomic E-state index is 0.347. The predicted octanol–water partition coefficient (Wildman–Crippen LogP) is 0.483. The second-order valence-electron chi connectivity index (χ2n) is 1.89. The Bertz CT molecular complexity index is 86.4. The van der Waals surface area contributed by atoms with Gasteiger partial charge in [0.25, 0.3) is 0 Å². The molecule has 3 heteroatoms. The van der Waals surface area contributed by atoms with Crippen molar-refractivity contribution in [2.24, 2.45) is 11.1 Å². The van der Waals surface area contributed by atoms with Gasteiger partial charge in [-0.2, -0.15) is 0 Å². The van der Waals surface area contributed by atoms with Crippen molar-refractivity contribution in [2.45, 2.75) is 6.42 Å². The second kappa shape index (κ2) is 2.67. The summed E-state index contributed by atoms with van der Waals surface area (Å²) in [6.45, 7) is 1.51. The number of hydrogen-bond acceptors (Lipinski definition) is 3. The van der Waals surface area contributed by atoms with Crippen molar-refractivity contribution in [1.82, 2.24) is 0 Å². The largest absolute Gasteiger partial charge is 0.411 e. The fourth-order valence-electron chi connectivity index (χ4n) is 0.765. The van der Waals surface area contributed by atoms with Gasteiger partial charge in [-0.15, -0.1) is 5.16 Å². The molecule has 1 heterocycles. The summed E-state index contributed by atoms with van der Waals surface area (Å²) in [4.78, 5) is 0. The van der Waals surface area contributed by atoms with Crippen molar-refractivity contribution in [1.29, 1.82) is 0 Å². The van der Waals surface area contributed by atoms with Crippen LogP contribution in [0.3, 0.4) is 0 Å². The van der Waals surface area contributed by atoms with Gasteiger partial charge in [0, 0.05) is 18.7 Å². The zero-order valence-corrected chi connectivity index (χ0v) is 4.58. The van der Waals surface area contributed by atoms with Gasteiger partial charge < -0.3 is 9.94 Å². The summed E-state index contributed by atoms with van der Waals surface area (Å²) >= 11 is 0. The standard InChI is InChI=1S/C5H9NO2/c7-6-3-5-1-2-8-4-5/h3,5,7H,1-2,4H2/t5-/m0/s1. The topological polar surface area (TPSA) is 41.8 Å². The molecule has 1 saturated heterocycles. The highest BCUT2D eigenvalue weighted by atomic mass is 16.5. The zero-order valence-electron chi connectivity index (χ0n) is 4.58. The normalized spacial score (nSPS) is 29.8. The molecule has 1 aliphatic rings. The third-order valence-electron chi connectivity index (χ3n) is 1.24. The van der Waals surface area contributed by atoms with Crippen molar-refractivity contribution in [2.75, 3.05) is 13.2 Å². The molecule has 0 bridgehead atoms. The van der Waals surface area contributed by atoms with Crippen molar-refractivity contribution in [3.8, 4) is 0 Å². The first kappa shape index (κ1) is 5.56. The maximum absolute atomic E-state index is 8.04. The Kier molecular flexibility index (Phi) is 1.86. The maximum Gasteiger partial charge on any atom is 0.0545 e. The molecule has 1 aliphatic heterocycles. The summed E-state index contributed by atoms with van der Waals surface area (Å²) in [7, 11) is 0. The van der Waals surface area contributed by atoms with Crippen LogP contribution in [0.2, 0.25) is 0 Å². The number of oxime groups is 1. The van der Waals surface area contributed by atoms with Crippen molar-refractivity contribution in [3.63, 3.8) is 0 Å². The van der Waals surface area contributed by atoms with E-state index in [4.69, 9.17) is 9.94 Å². The first-order valence-electron chi connectivity index (χ1n) is 2.69. The molecular weight excluding hydrogens is 106 g/mol. The molecule has 0 radical (unpaired) electrons. The Hall–Kier alpha value is -0.570. The molecule has 1 N–H and O–H groups in total. The van der Waals surface area contributed by atoms with E-state index < -0.39 is 0 Å². The Morgan fingerprint density at radius 1 is 1.75 bits per heavy atom. The van der Waals surface area contributed by atoms with E-state index in [1.165, 1.54) is 6.21 Å². The monoisotopic (exact) mass is 115 g/mol. The van der Waals surface area contributed by atoms with E-state index in [1.807, 2.05) is 0 Å². The van der Waals surface area contributed by atoms with Crippen LogP contribution >= 0.6 is 0 Å². The molecule has 3 nitrogen and oxygen atoms in total. The number of ether oxygens (including phenoxy) is 1. The molecule has 1 fully saturated rings. The van der Waals surface area contributed by atoms with Crippen molar-refractivity contribution >= 4 is 6.21 Å². The lowest BCUT2D eigenvalue weighted by molar-refractivity contribution is 0.193. The highest BCUT2D eigenvalue weighted by molar-refractivity contribution is 5.60. The first-order valence-corrected chi connectivity index (χ1v) is 2.69. The molecule has 1 atom stereocenters. The lowest BCUT2D eigenvalue weighted by atomic mass is 10.1. The van der Waals surface area contributed by atoms with E-state index in [2.05, 4.69) is 5.16 Å². The lowest BCUT2D eigenvalue weighted by Crippen LogP contribution is -1.99. The molecule has 0 spiro atoms. The molecule has 0 aromatic rings. The number of nitrogens with zero attached hydrogens (tertiary/aromatic N) is 1. The van der Waals surface area contributed by atoms with Gasteiger partial charge >= 0.3 is 0 Å². The fourth-order valence-corrected chi connectivity index (χ4v) is 0.765. The van der Waals surface area contributed by atoms with Crippen LogP contribution in [0.1, 0.15) is 6.42 Å². The summed E-state index contributed by atoms with van der Waals surface area (Å²) in [5.74, 6) is 0.347. The van der Waals surface area contributed by atoms with Crippen molar-refractivity contribution in [3.05, 3.63) is 0 Å². The molecule has 0 saturated carbocycles. The van der Waals surface area contributed by atoms with E-state index in [-0.39, 0.29) is 0 Å². The third-order valence-corrected chi connectivity index (χ3v) is 1.24. The second-order valence-corrected chi connectivity index (χ2v) is 1.89. The van der Waals surface area contributed by atoms with Crippen LogP contribution in [0.25, 0.3) is 0 Å². The fraction of sp³-hybridized carbons (Fsp3) is 0.800. The first-order chi connectivity index (χ1) is 3.93. The quantitative estimate of drug-likeness (QED) is 0.307. The Morgan fingerprint density at radius 3 is 3.12 bits per heavy atom. The minimum atomic E-state index is 0.347. The maximum atomic E-state index is 8.04. The van der Waals surface area contributed by atoms with Crippen LogP contribution < -0.4 is 0 Å². The smallest absolute Gasteiger partial charge is 0.0545 e. The minimum Gasteiger partial charge on any atom is -0.411 e. The van der Waals surface area contributed by atoms with E-state index in [0.29, 0.717) is 12.5 Å². The summed E-state index contributed by atoms with van der Waals surface area (Å²) in [5.41, 5.74) is 0. The van der Waals surface area contributed by atoms with Crippen LogP contribution in [0.5, 0.6) is 0 Å². The Labute approximate surface area is 48.0 Å². The van der Waals surface area contributed by atoms with Gasteiger partial charge in [0.2, 0.25) is 0 Å². The van der Waals surface area contributed by atoms with Crippen LogP contribution in [0, 0.1) is 5.92 Å². The summed E-state index contributed by atoms with van der Waals surface area (Å²) in [6.07, 6.45) is 2.51. The Morgan fingerprint density at radius 2 is 2.62 bits per heavy atom. The van der Waals surface area contributed by atoms with E-state index in [1.54, 1.807) is 0 Å². The van der Waals surface area contributed by atoms with Gasteiger partial charge in [-0.05, 0) is 6.42 Å². The molecule has 46 valence electrons. The van der Waals surface area contributed by atoms with Gasteiger partial charge in [0.1, 0.15) is 0 Å². The molecule has 0 aromatic carbocycles. The van der Waals surface area contributed by atoms with Crippen LogP contribution in [-0.2, 0) is 4.74 Å². The highest BCUT2D eigenvalue weighted by Crippen LogP contribution is 2.08. The van der Waals surface area contributed by atoms with Gasteiger partial charge in [-0.3, -0.25) is 0 Å². The molecule has 0 unspecified atom stereocenters. The molecule has 0 amide bonds. The number of rotatable bonds is 1. The lowest BCUT2D eigenvalue weighted by Gasteiger charge is -1.92. The summed E-state index contributed by atoms with van der Waals surface area (Å²) in [6, 6.07) is 0. The SMILES string of the molecule is ON=C[C@@H]1CCOC1. The van der Waals surface area contributed by atoms with Gasteiger partial charge in [-0.25, -0.2) is 0 Å². The van der Waals surface area contributed by atoms with E-state index >= 15 is 0 Å². The molecule has 0 aliphatic carbocycles. The van der Waals surface area contributed by atoms with Gasteiger partial charge in [0.05, 0.1) is 6.61 Å². The molecule has 0 aromatic heterocycles. The van der Waals surface area contributed by atoms with Crippen molar-refractivity contribution < 1.29 is 9.94 Å². The van der Waals surface area contributed by atoms with Crippen LogP contribution in [-0.4, -0.2) is 24.6 Å². The van der Waals surface area contributed by atoms with Gasteiger partial charge in [-0.1, -0.05) is 0 Å². The molecular formula is C5H9NO2. The van der Waals surface area contributed by atoms with Crippen LogP contribution in [0.4, 0.5) is 0 Å². The predicted molar refractivity (Wildman–Crippen MR) is 29.2 cm³/mol. The van der Waals surface area contributed by atoms with E-state index in [0.717, 1.165) is 13.0 Å². The third kappa shape index (κ3) is 1.20. The molecule has 8 heavy (non-hydrogen) atoms. The summed E-state index contributed by atoms with van der Waals surface area (Å²) in [5, 5.41) is 11.0. The summed E-state index contributed by atoms with van der Waals surface area (Å²) < 4.78 is 5.01. The highest BCUT2D eigenvalue weighted by Gasteiger charge is 2.12. The van der Waals surface area contributed by atoms with Gasteiger partial charge in [0.15, 0.2) is 0 Å². The Balaban J connectivity index is 2.24. The average Bonchev–Trinajstić information content (AvgIpc) is 2.19. The number of hydrogen-bond donors (Lipinski definition) is 1. The van der Waals surface area contributed by atoms with E-state index in [9.17, 15) is 0 Å². The zero-order chi connectivity index (χ0) is 5.82. The molecule has 1 rings (SSSR count).